The highest BCUT2D eigenvalue weighted by molar-refractivity contribution is 7.89. The average molecular weight is 351 g/mol. The second kappa shape index (κ2) is 8.39. The maximum Gasteiger partial charge on any atom is 0.241 e. The van der Waals surface area contributed by atoms with E-state index in [2.05, 4.69) is 53.0 Å². The molecule has 1 aromatic carbocycles. The van der Waals surface area contributed by atoms with E-state index in [1.54, 1.807) is 0 Å². The van der Waals surface area contributed by atoms with Gasteiger partial charge in [-0.3, -0.25) is 0 Å². The van der Waals surface area contributed by atoms with Crippen molar-refractivity contribution < 1.29 is 12.9 Å². The van der Waals surface area contributed by atoms with Crippen LogP contribution in [0.2, 0.25) is 0 Å². The zero-order valence-electron chi connectivity index (χ0n) is 14.4. The minimum absolute atomic E-state index is 0.0331. The fraction of sp³-hybridized carbons (Fsp3) is 0.529. The number of sulfonamides is 1. The largest absolute Gasteiger partial charge is 0.338 e. The van der Waals surface area contributed by atoms with Gasteiger partial charge in [-0.05, 0) is 23.5 Å². The Labute approximate surface area is 143 Å². The molecule has 0 spiro atoms. The molecule has 0 aliphatic carbocycles. The first kappa shape index (κ1) is 18.6. The lowest BCUT2D eigenvalue weighted by Gasteiger charge is -2.05. The fourth-order valence-corrected chi connectivity index (χ4v) is 3.37. The van der Waals surface area contributed by atoms with Gasteiger partial charge in [-0.2, -0.15) is 4.98 Å². The predicted molar refractivity (Wildman–Crippen MR) is 93.2 cm³/mol. The Balaban J connectivity index is 1.91. The van der Waals surface area contributed by atoms with E-state index in [0.717, 1.165) is 12.0 Å². The van der Waals surface area contributed by atoms with Crippen molar-refractivity contribution in [3.05, 3.63) is 47.1 Å². The van der Waals surface area contributed by atoms with Crippen LogP contribution in [0, 0.1) is 0 Å². The molecule has 0 atom stereocenters. The van der Waals surface area contributed by atoms with E-state index < -0.39 is 10.0 Å². The zero-order valence-corrected chi connectivity index (χ0v) is 15.3. The Morgan fingerprint density at radius 3 is 2.54 bits per heavy atom. The smallest absolute Gasteiger partial charge is 0.241 e. The number of nitrogens with zero attached hydrogens (tertiary/aromatic N) is 2. The van der Waals surface area contributed by atoms with E-state index >= 15 is 0 Å². The van der Waals surface area contributed by atoms with Crippen molar-refractivity contribution in [2.75, 3.05) is 5.75 Å². The summed E-state index contributed by atoms with van der Waals surface area (Å²) in [7, 11) is -3.28. The molecule has 0 saturated carbocycles. The van der Waals surface area contributed by atoms with Gasteiger partial charge in [0, 0.05) is 6.42 Å². The molecular formula is C17H25N3O3S. The molecule has 0 amide bonds. The summed E-state index contributed by atoms with van der Waals surface area (Å²) in [4.78, 5) is 4.24. The van der Waals surface area contributed by atoms with Crippen LogP contribution >= 0.6 is 0 Å². The normalized spacial score (nSPS) is 12.0. The van der Waals surface area contributed by atoms with E-state index in [9.17, 15) is 8.42 Å². The Morgan fingerprint density at radius 1 is 1.21 bits per heavy atom. The summed E-state index contributed by atoms with van der Waals surface area (Å²) in [5.41, 5.74) is 2.38. The van der Waals surface area contributed by atoms with E-state index in [4.69, 9.17) is 4.52 Å². The number of aromatic nitrogens is 2. The van der Waals surface area contributed by atoms with Gasteiger partial charge in [0.15, 0.2) is 5.82 Å². The maximum absolute atomic E-state index is 11.7. The van der Waals surface area contributed by atoms with Gasteiger partial charge >= 0.3 is 0 Å². The number of hydrogen-bond acceptors (Lipinski definition) is 5. The standard InChI is InChI=1S/C17H25N3O3S/c1-4-5-10-24(21,22)18-12-17-19-16(20-23-17)11-14-6-8-15(9-7-14)13(2)3/h6-9,13,18H,4-5,10-12H2,1-3H3. The van der Waals surface area contributed by atoms with Crippen molar-refractivity contribution in [1.82, 2.24) is 14.9 Å². The van der Waals surface area contributed by atoms with Crippen LogP contribution in [0.4, 0.5) is 0 Å². The lowest BCUT2D eigenvalue weighted by atomic mass is 10.0. The Morgan fingerprint density at radius 2 is 1.92 bits per heavy atom. The minimum atomic E-state index is -3.28. The molecule has 0 aliphatic heterocycles. The molecule has 2 aromatic rings. The third-order valence-corrected chi connectivity index (χ3v) is 5.14. The van der Waals surface area contributed by atoms with E-state index in [-0.39, 0.29) is 18.2 Å². The highest BCUT2D eigenvalue weighted by atomic mass is 32.2. The first-order chi connectivity index (χ1) is 11.4. The first-order valence-electron chi connectivity index (χ1n) is 8.27. The van der Waals surface area contributed by atoms with Crippen LogP contribution in [0.15, 0.2) is 28.8 Å². The molecule has 1 aromatic heterocycles. The van der Waals surface area contributed by atoms with Gasteiger partial charge in [-0.1, -0.05) is 56.6 Å². The van der Waals surface area contributed by atoms with E-state index in [0.29, 0.717) is 24.6 Å². The third kappa shape index (κ3) is 5.72. The topological polar surface area (TPSA) is 85.1 Å². The molecule has 0 bridgehead atoms. The Kier molecular flexibility index (Phi) is 6.51. The summed E-state index contributed by atoms with van der Waals surface area (Å²) in [6, 6.07) is 8.31. The fourth-order valence-electron chi connectivity index (χ4n) is 2.21. The van der Waals surface area contributed by atoms with Gasteiger partial charge in [0.05, 0.1) is 12.3 Å². The SMILES string of the molecule is CCCCS(=O)(=O)NCc1nc(Cc2ccc(C(C)C)cc2)no1. The van der Waals surface area contributed by atoms with E-state index in [1.807, 2.05) is 6.92 Å². The highest BCUT2D eigenvalue weighted by Crippen LogP contribution is 2.16. The first-order valence-corrected chi connectivity index (χ1v) is 9.92. The van der Waals surface area contributed by atoms with Gasteiger partial charge < -0.3 is 4.52 Å². The third-order valence-electron chi connectivity index (χ3n) is 3.73. The molecule has 0 radical (unpaired) electrons. The molecule has 0 fully saturated rings. The molecule has 24 heavy (non-hydrogen) atoms. The molecule has 7 heteroatoms. The van der Waals surface area contributed by atoms with Crippen LogP contribution in [0.5, 0.6) is 0 Å². The van der Waals surface area contributed by atoms with Crippen LogP contribution < -0.4 is 4.72 Å². The van der Waals surface area contributed by atoms with Gasteiger partial charge in [0.1, 0.15) is 0 Å². The Hall–Kier alpha value is -1.73. The van der Waals surface area contributed by atoms with Crippen LogP contribution in [0.3, 0.4) is 0 Å². The molecular weight excluding hydrogens is 326 g/mol. The number of nitrogens with one attached hydrogen (secondary N) is 1. The second-order valence-electron chi connectivity index (χ2n) is 6.17. The van der Waals surface area contributed by atoms with Crippen LogP contribution in [-0.4, -0.2) is 24.3 Å². The van der Waals surface area contributed by atoms with Crippen molar-refractivity contribution in [3.63, 3.8) is 0 Å². The quantitative estimate of drug-likeness (QED) is 0.750. The van der Waals surface area contributed by atoms with Crippen LogP contribution in [0.1, 0.15) is 62.4 Å². The summed E-state index contributed by atoms with van der Waals surface area (Å²) in [5.74, 6) is 1.45. The molecule has 1 N–H and O–H groups in total. The lowest BCUT2D eigenvalue weighted by Crippen LogP contribution is -2.26. The summed E-state index contributed by atoms with van der Waals surface area (Å²) in [5, 5.41) is 3.91. The molecule has 0 saturated heterocycles. The zero-order chi connectivity index (χ0) is 17.6. The summed E-state index contributed by atoms with van der Waals surface area (Å²) >= 11 is 0. The van der Waals surface area contributed by atoms with Gasteiger partial charge in [0.25, 0.3) is 0 Å². The van der Waals surface area contributed by atoms with Gasteiger partial charge in [-0.25, -0.2) is 13.1 Å². The van der Waals surface area contributed by atoms with Crippen LogP contribution in [-0.2, 0) is 23.0 Å². The molecule has 6 nitrogen and oxygen atoms in total. The average Bonchev–Trinajstić information content (AvgIpc) is 2.99. The van der Waals surface area contributed by atoms with Crippen molar-refractivity contribution in [1.29, 1.82) is 0 Å². The summed E-state index contributed by atoms with van der Waals surface area (Å²) in [6.45, 7) is 6.29. The molecule has 0 aliphatic rings. The molecule has 1 heterocycles. The minimum Gasteiger partial charge on any atom is -0.338 e. The maximum atomic E-state index is 11.7. The lowest BCUT2D eigenvalue weighted by molar-refractivity contribution is 0.371. The number of hydrogen-bond donors (Lipinski definition) is 1. The molecule has 2 rings (SSSR count). The van der Waals surface area contributed by atoms with Gasteiger partial charge in [0.2, 0.25) is 15.9 Å². The van der Waals surface area contributed by atoms with Crippen LogP contribution in [0.25, 0.3) is 0 Å². The number of rotatable bonds is 9. The summed E-state index contributed by atoms with van der Waals surface area (Å²) in [6.07, 6.45) is 2.03. The van der Waals surface area contributed by atoms with Crippen molar-refractivity contribution >= 4 is 10.0 Å². The van der Waals surface area contributed by atoms with E-state index in [1.165, 1.54) is 5.56 Å². The van der Waals surface area contributed by atoms with Crippen molar-refractivity contribution in [3.8, 4) is 0 Å². The molecule has 132 valence electrons. The summed E-state index contributed by atoms with van der Waals surface area (Å²) < 4.78 is 31.1. The predicted octanol–water partition coefficient (Wildman–Crippen LogP) is 3.00. The molecule has 0 unspecified atom stereocenters. The Bertz CT molecular complexity index is 737. The number of unbranched alkanes of at least 4 members (excludes halogenated alkanes) is 1. The second-order valence-corrected chi connectivity index (χ2v) is 8.10. The van der Waals surface area contributed by atoms with Gasteiger partial charge in [-0.15, -0.1) is 0 Å². The number of benzene rings is 1. The van der Waals surface area contributed by atoms with Crippen molar-refractivity contribution in [2.45, 2.75) is 52.5 Å². The van der Waals surface area contributed by atoms with Crippen molar-refractivity contribution in [2.24, 2.45) is 0 Å². The highest BCUT2D eigenvalue weighted by Gasteiger charge is 2.13. The monoisotopic (exact) mass is 351 g/mol.